The first-order valence-electron chi connectivity index (χ1n) is 14.4. The molecule has 1 N–H and O–H groups in total. The summed E-state index contributed by atoms with van der Waals surface area (Å²) in [5.41, 5.74) is 9.70. The molecule has 6 aromatic rings. The van der Waals surface area contributed by atoms with Gasteiger partial charge >= 0.3 is 5.91 Å². The van der Waals surface area contributed by atoms with E-state index in [0.717, 1.165) is 44.8 Å². The largest absolute Gasteiger partial charge is 0.486 e. The maximum atomic E-state index is 12.8. The zero-order valence-corrected chi connectivity index (χ0v) is 25.1. The maximum Gasteiger partial charge on any atom is 0.307 e. The summed E-state index contributed by atoms with van der Waals surface area (Å²) in [6.07, 6.45) is 1.62. The topological polar surface area (TPSA) is 117 Å². The molecule has 0 bridgehead atoms. The van der Waals surface area contributed by atoms with Gasteiger partial charge in [0.05, 0.1) is 11.1 Å². The van der Waals surface area contributed by atoms with E-state index in [2.05, 4.69) is 45.6 Å². The van der Waals surface area contributed by atoms with Crippen LogP contribution in [0.15, 0.2) is 107 Å². The van der Waals surface area contributed by atoms with Crippen molar-refractivity contribution >= 4 is 28.7 Å². The lowest BCUT2D eigenvalue weighted by atomic mass is 10.1. The summed E-state index contributed by atoms with van der Waals surface area (Å²) >= 11 is 0. The van der Waals surface area contributed by atoms with Crippen LogP contribution in [0.5, 0.6) is 5.75 Å². The minimum atomic E-state index is -0.480. The first-order chi connectivity index (χ1) is 21.8. The molecule has 0 aliphatic rings. The molecule has 0 spiro atoms. The molecule has 0 saturated heterocycles. The smallest absolute Gasteiger partial charge is 0.307 e. The van der Waals surface area contributed by atoms with E-state index in [1.54, 1.807) is 30.5 Å². The predicted octanol–water partition coefficient (Wildman–Crippen LogP) is 7.25. The van der Waals surface area contributed by atoms with Gasteiger partial charge in [-0.15, -0.1) is 0 Å². The van der Waals surface area contributed by atoms with Crippen molar-refractivity contribution in [1.82, 2.24) is 14.6 Å². The highest BCUT2D eigenvalue weighted by atomic mass is 16.6. The second kappa shape index (κ2) is 12.4. The second-order valence-electron chi connectivity index (χ2n) is 10.7. The van der Waals surface area contributed by atoms with Crippen LogP contribution in [0.25, 0.3) is 16.6 Å². The molecule has 1 amide bonds. The number of para-hydroxylation sites is 1. The minimum absolute atomic E-state index is 0.0522. The van der Waals surface area contributed by atoms with E-state index in [-0.39, 0.29) is 18.1 Å². The summed E-state index contributed by atoms with van der Waals surface area (Å²) < 4.78 is 15.9. The van der Waals surface area contributed by atoms with Crippen molar-refractivity contribution in [2.75, 3.05) is 0 Å². The monoisotopic (exact) mass is 601 g/mol. The molecular weight excluding hydrogens is 570 g/mol. The van der Waals surface area contributed by atoms with Gasteiger partial charge in [0.25, 0.3) is 5.69 Å². The molecule has 0 aliphatic heterocycles. The molecule has 0 aliphatic carbocycles. The van der Waals surface area contributed by atoms with Crippen molar-refractivity contribution in [1.29, 1.82) is 0 Å². The number of ether oxygens (including phenoxy) is 1. The Bertz CT molecular complexity index is 2010. The molecule has 0 saturated carbocycles. The van der Waals surface area contributed by atoms with Crippen LogP contribution in [-0.2, 0) is 13.2 Å². The van der Waals surface area contributed by atoms with Crippen molar-refractivity contribution in [3.05, 3.63) is 147 Å². The highest BCUT2D eigenvalue weighted by Crippen LogP contribution is 2.26. The van der Waals surface area contributed by atoms with Crippen molar-refractivity contribution in [3.63, 3.8) is 0 Å². The maximum absolute atomic E-state index is 12.8. The fourth-order valence-corrected chi connectivity index (χ4v) is 5.44. The van der Waals surface area contributed by atoms with Gasteiger partial charge in [-0.25, -0.2) is 5.43 Å². The highest BCUT2D eigenvalue weighted by molar-refractivity contribution is 6.01. The molecule has 0 atom stereocenters. The number of furan rings is 1. The summed E-state index contributed by atoms with van der Waals surface area (Å²) in [6, 6.07) is 29.7. The van der Waals surface area contributed by atoms with E-state index in [4.69, 9.17) is 9.15 Å². The average Bonchev–Trinajstić information content (AvgIpc) is 3.73. The van der Waals surface area contributed by atoms with Gasteiger partial charge in [-0.2, -0.15) is 5.10 Å². The Hall–Kier alpha value is -5.90. The Kier molecular flexibility index (Phi) is 8.03. The Morgan fingerprint density at radius 3 is 2.36 bits per heavy atom. The van der Waals surface area contributed by atoms with E-state index in [1.165, 1.54) is 12.1 Å². The number of non-ortho nitro benzene ring substituents is 1. The Labute approximate surface area is 259 Å². The van der Waals surface area contributed by atoms with Crippen LogP contribution in [0, 0.1) is 30.9 Å². The lowest BCUT2D eigenvalue weighted by molar-refractivity contribution is -0.384. The molecule has 226 valence electrons. The number of nitro benzene ring substituents is 1. The lowest BCUT2D eigenvalue weighted by Gasteiger charge is -2.10. The van der Waals surface area contributed by atoms with Crippen molar-refractivity contribution < 1.29 is 18.9 Å². The fourth-order valence-electron chi connectivity index (χ4n) is 5.44. The molecule has 3 aromatic heterocycles. The molecule has 0 unspecified atom stereocenters. The summed E-state index contributed by atoms with van der Waals surface area (Å²) in [7, 11) is 0. The molecule has 10 heteroatoms. The molecule has 0 fully saturated rings. The number of hydrogen-bond donors (Lipinski definition) is 1. The van der Waals surface area contributed by atoms with Gasteiger partial charge in [-0.3, -0.25) is 14.9 Å². The van der Waals surface area contributed by atoms with Crippen LogP contribution < -0.4 is 10.2 Å². The van der Waals surface area contributed by atoms with Gasteiger partial charge in [0, 0.05) is 57.9 Å². The number of benzene rings is 3. The SMILES string of the molecule is Cc1ccc(C)n1-c1ccc(OCc2ccc(C(=O)N/N=C/c3c(C)n(Cc4ccc([N+](=O)[O-])cc4)c4ccccc34)o2)cc1. The third-order valence-corrected chi connectivity index (χ3v) is 7.76. The number of carbonyl (C=O) groups excluding carboxylic acids is 1. The molecule has 10 nitrogen and oxygen atoms in total. The molecule has 45 heavy (non-hydrogen) atoms. The fraction of sp³-hybridized carbons (Fsp3) is 0.143. The quantitative estimate of drug-likeness (QED) is 0.101. The van der Waals surface area contributed by atoms with Gasteiger partial charge in [-0.05, 0) is 80.9 Å². The molecular formula is C35H31N5O5. The van der Waals surface area contributed by atoms with Crippen LogP contribution in [0.2, 0.25) is 0 Å². The molecule has 6 rings (SSSR count). The number of rotatable bonds is 10. The minimum Gasteiger partial charge on any atom is -0.486 e. The number of fused-ring (bicyclic) bond motifs is 1. The highest BCUT2D eigenvalue weighted by Gasteiger charge is 2.15. The first kappa shape index (κ1) is 29.2. The number of carbonyl (C=O) groups is 1. The summed E-state index contributed by atoms with van der Waals surface area (Å²) in [5.74, 6) is 0.843. The van der Waals surface area contributed by atoms with Gasteiger partial charge in [0.2, 0.25) is 0 Å². The zero-order valence-electron chi connectivity index (χ0n) is 25.1. The average molecular weight is 602 g/mol. The van der Waals surface area contributed by atoms with Crippen molar-refractivity contribution in [2.24, 2.45) is 5.10 Å². The zero-order chi connectivity index (χ0) is 31.5. The third kappa shape index (κ3) is 6.12. The number of aryl methyl sites for hydroxylation is 2. The standard InChI is InChI=1S/C35H31N5O5/c1-23-8-9-24(2)39(23)27-14-16-29(17-15-27)44-22-30-18-19-34(45-30)35(41)37-36-20-32-25(3)38(33-7-5-4-6-31(32)33)21-26-10-12-28(13-11-26)40(42)43/h4-20H,21-22H2,1-3H3,(H,37,41)/b36-20+. The van der Waals surface area contributed by atoms with E-state index in [1.807, 2.05) is 55.5 Å². The number of amides is 1. The Morgan fingerprint density at radius 2 is 1.64 bits per heavy atom. The molecule has 3 heterocycles. The van der Waals surface area contributed by atoms with E-state index in [0.29, 0.717) is 18.1 Å². The second-order valence-corrected chi connectivity index (χ2v) is 10.7. The van der Waals surface area contributed by atoms with Gasteiger partial charge < -0.3 is 18.3 Å². The van der Waals surface area contributed by atoms with Crippen molar-refractivity contribution in [3.8, 4) is 11.4 Å². The number of nitro groups is 1. The predicted molar refractivity (Wildman–Crippen MR) is 172 cm³/mol. The van der Waals surface area contributed by atoms with E-state index < -0.39 is 10.8 Å². The van der Waals surface area contributed by atoms with E-state index >= 15 is 0 Å². The summed E-state index contributed by atoms with van der Waals surface area (Å²) in [6.45, 7) is 6.81. The van der Waals surface area contributed by atoms with Crippen LogP contribution in [0.3, 0.4) is 0 Å². The van der Waals surface area contributed by atoms with E-state index in [9.17, 15) is 14.9 Å². The number of hydrogen-bond acceptors (Lipinski definition) is 6. The number of nitrogens with one attached hydrogen (secondary N) is 1. The third-order valence-electron chi connectivity index (χ3n) is 7.76. The molecule has 0 radical (unpaired) electrons. The lowest BCUT2D eigenvalue weighted by Crippen LogP contribution is -2.16. The van der Waals surface area contributed by atoms with Crippen LogP contribution >= 0.6 is 0 Å². The Balaban J connectivity index is 1.09. The van der Waals surface area contributed by atoms with Gasteiger partial charge in [0.15, 0.2) is 5.76 Å². The number of hydrazone groups is 1. The number of nitrogens with zero attached hydrogens (tertiary/aromatic N) is 4. The van der Waals surface area contributed by atoms with Crippen molar-refractivity contribution in [2.45, 2.75) is 33.9 Å². The van der Waals surface area contributed by atoms with Gasteiger partial charge in [-0.1, -0.05) is 30.3 Å². The summed E-state index contributed by atoms with van der Waals surface area (Å²) in [5, 5.41) is 16.2. The van der Waals surface area contributed by atoms with Crippen LogP contribution in [-0.4, -0.2) is 26.2 Å². The van der Waals surface area contributed by atoms with Crippen LogP contribution in [0.4, 0.5) is 5.69 Å². The Morgan fingerprint density at radius 1 is 0.933 bits per heavy atom. The normalized spacial score (nSPS) is 11.4. The summed E-state index contributed by atoms with van der Waals surface area (Å²) in [4.78, 5) is 23.4. The molecule has 3 aromatic carbocycles. The number of aromatic nitrogens is 2. The van der Waals surface area contributed by atoms with Crippen LogP contribution in [0.1, 0.15) is 44.5 Å². The first-order valence-corrected chi connectivity index (χ1v) is 14.4. The van der Waals surface area contributed by atoms with Gasteiger partial charge in [0.1, 0.15) is 18.1 Å².